The van der Waals surface area contributed by atoms with Crippen LogP contribution in [0.2, 0.25) is 0 Å². The Hall–Kier alpha value is -6.00. The molecule has 0 radical (unpaired) electrons. The van der Waals surface area contributed by atoms with E-state index in [2.05, 4.69) is 143 Å². The van der Waals surface area contributed by atoms with Crippen molar-refractivity contribution < 1.29 is 0 Å². The number of hydrogen-bond acceptors (Lipinski definition) is 2. The molecule has 0 aliphatic carbocycles. The van der Waals surface area contributed by atoms with Crippen molar-refractivity contribution in [2.75, 3.05) is 0 Å². The Morgan fingerprint density at radius 3 is 1.73 bits per heavy atom. The third kappa shape index (κ3) is 3.86. The zero-order valence-corrected chi connectivity index (χ0v) is 27.9. The molecule has 11 rings (SSSR count). The SMILES string of the molecule is c1ccc(-c2nc3ccccc3nc2-n2c3ccccc3c3cc4c(cc32)c2ccccc2n4-c2cccc3c2[se]c2ccccc23)cc1. The predicted molar refractivity (Wildman–Crippen MR) is 206 cm³/mol. The Bertz CT molecular complexity index is 3110. The van der Waals surface area contributed by atoms with Crippen molar-refractivity contribution >= 4 is 88.4 Å². The van der Waals surface area contributed by atoms with Gasteiger partial charge in [0.25, 0.3) is 0 Å². The zero-order valence-electron chi connectivity index (χ0n) is 26.2. The second-order valence-corrected chi connectivity index (χ2v) is 14.8. The molecule has 0 saturated carbocycles. The summed E-state index contributed by atoms with van der Waals surface area (Å²) >= 11 is 0.225. The number of hydrogen-bond donors (Lipinski definition) is 0. The first-order valence-electron chi connectivity index (χ1n) is 16.5. The minimum absolute atomic E-state index is 0.225. The Labute approximate surface area is 286 Å². The zero-order chi connectivity index (χ0) is 32.1. The van der Waals surface area contributed by atoms with Gasteiger partial charge in [0.1, 0.15) is 0 Å². The number of nitrogens with zero attached hydrogens (tertiary/aromatic N) is 4. The van der Waals surface area contributed by atoms with Gasteiger partial charge in [-0.25, -0.2) is 0 Å². The first-order chi connectivity index (χ1) is 24.3. The number of fused-ring (bicyclic) bond motifs is 10. The van der Waals surface area contributed by atoms with Crippen LogP contribution >= 0.6 is 0 Å². The normalized spacial score (nSPS) is 12.1. The van der Waals surface area contributed by atoms with Gasteiger partial charge < -0.3 is 0 Å². The van der Waals surface area contributed by atoms with Crippen molar-refractivity contribution in [3.8, 4) is 22.8 Å². The monoisotopic (exact) mass is 690 g/mol. The molecule has 0 amide bonds. The summed E-state index contributed by atoms with van der Waals surface area (Å²) in [6.07, 6.45) is 0. The quantitative estimate of drug-likeness (QED) is 0.173. The molecule has 0 atom stereocenters. The molecule has 5 heteroatoms. The van der Waals surface area contributed by atoms with E-state index in [1.807, 2.05) is 24.3 Å². The van der Waals surface area contributed by atoms with Crippen LogP contribution in [-0.2, 0) is 0 Å². The topological polar surface area (TPSA) is 35.6 Å². The summed E-state index contributed by atoms with van der Waals surface area (Å²) < 4.78 is 7.74. The summed E-state index contributed by atoms with van der Waals surface area (Å²) in [4.78, 5) is 10.6. The molecule has 11 aromatic rings. The molecule has 0 bridgehead atoms. The summed E-state index contributed by atoms with van der Waals surface area (Å²) in [5.41, 5.74) is 9.61. The van der Waals surface area contributed by atoms with Crippen LogP contribution in [0.15, 0.2) is 158 Å². The average molecular weight is 690 g/mol. The number of para-hydroxylation sites is 4. The van der Waals surface area contributed by atoms with Crippen LogP contribution < -0.4 is 0 Å². The minimum atomic E-state index is 0.225. The molecule has 0 aliphatic rings. The van der Waals surface area contributed by atoms with Crippen molar-refractivity contribution in [1.29, 1.82) is 0 Å². The molecule has 4 aromatic heterocycles. The van der Waals surface area contributed by atoms with Gasteiger partial charge in [-0.2, -0.15) is 0 Å². The van der Waals surface area contributed by atoms with Gasteiger partial charge in [-0.15, -0.1) is 0 Å². The van der Waals surface area contributed by atoms with E-state index in [0.29, 0.717) is 0 Å². The fourth-order valence-electron chi connectivity index (χ4n) is 7.76. The summed E-state index contributed by atoms with van der Waals surface area (Å²) in [6, 6.07) is 56.7. The number of benzene rings is 7. The van der Waals surface area contributed by atoms with E-state index < -0.39 is 0 Å². The molecule has 0 spiro atoms. The molecule has 0 N–H and O–H groups in total. The van der Waals surface area contributed by atoms with Gasteiger partial charge in [-0.1, -0.05) is 30.3 Å². The third-order valence-electron chi connectivity index (χ3n) is 9.90. The maximum absolute atomic E-state index is 5.35. The van der Waals surface area contributed by atoms with Crippen molar-refractivity contribution in [3.63, 3.8) is 0 Å². The second kappa shape index (κ2) is 10.2. The van der Waals surface area contributed by atoms with Crippen molar-refractivity contribution in [2.45, 2.75) is 0 Å². The molecular formula is C44H26N4Se. The van der Waals surface area contributed by atoms with E-state index >= 15 is 0 Å². The second-order valence-electron chi connectivity index (χ2n) is 12.6. The van der Waals surface area contributed by atoms with Gasteiger partial charge in [-0.05, 0) is 6.07 Å². The van der Waals surface area contributed by atoms with E-state index in [1.54, 1.807) is 0 Å². The molecule has 4 nitrogen and oxygen atoms in total. The van der Waals surface area contributed by atoms with Crippen LogP contribution in [0.1, 0.15) is 0 Å². The minimum Gasteiger partial charge on any atom is -0.0616 e. The Morgan fingerprint density at radius 2 is 0.980 bits per heavy atom. The molecule has 0 aliphatic heterocycles. The molecule has 7 aromatic carbocycles. The van der Waals surface area contributed by atoms with Gasteiger partial charge in [-0.3, -0.25) is 0 Å². The van der Waals surface area contributed by atoms with Crippen molar-refractivity contribution in [1.82, 2.24) is 19.1 Å². The van der Waals surface area contributed by atoms with Gasteiger partial charge in [0.05, 0.1) is 0 Å². The summed E-state index contributed by atoms with van der Waals surface area (Å²) in [5.74, 6) is 0.834. The van der Waals surface area contributed by atoms with E-state index in [4.69, 9.17) is 9.97 Å². The van der Waals surface area contributed by atoms with E-state index in [9.17, 15) is 0 Å². The summed E-state index contributed by atoms with van der Waals surface area (Å²) in [5, 5.41) is 7.59. The number of rotatable bonds is 3. The van der Waals surface area contributed by atoms with Gasteiger partial charge in [0, 0.05) is 0 Å². The third-order valence-corrected chi connectivity index (χ3v) is 12.4. The fourth-order valence-corrected chi connectivity index (χ4v) is 10.3. The van der Waals surface area contributed by atoms with E-state index in [1.165, 1.54) is 57.6 Å². The molecule has 0 fully saturated rings. The standard InChI is InChI=1S/C44H26N4Se/c1-2-13-27(14-3-1)42-44(46-35-20-8-7-19-34(35)45-42)48-37-22-10-5-16-29(37)33-25-39-32(26-40(33)48)28-15-4-9-21-36(28)47(39)38-23-12-18-31-30-17-6-11-24-41(30)49-43(31)38/h1-26H. The fraction of sp³-hybridized carbons (Fsp3) is 0. The van der Waals surface area contributed by atoms with Gasteiger partial charge in [0.2, 0.25) is 0 Å². The van der Waals surface area contributed by atoms with Crippen LogP contribution in [0, 0.1) is 0 Å². The van der Waals surface area contributed by atoms with E-state index in [-0.39, 0.29) is 14.5 Å². The molecule has 4 heterocycles. The molecular weight excluding hydrogens is 663 g/mol. The predicted octanol–water partition coefficient (Wildman–Crippen LogP) is 10.9. The summed E-state index contributed by atoms with van der Waals surface area (Å²) in [7, 11) is 0. The van der Waals surface area contributed by atoms with Gasteiger partial charge in [0.15, 0.2) is 0 Å². The first kappa shape index (κ1) is 27.0. The van der Waals surface area contributed by atoms with Gasteiger partial charge >= 0.3 is 252 Å². The Kier molecular flexibility index (Phi) is 5.65. The van der Waals surface area contributed by atoms with Crippen LogP contribution in [0.4, 0.5) is 0 Å². The number of aromatic nitrogens is 4. The van der Waals surface area contributed by atoms with E-state index in [0.717, 1.165) is 39.1 Å². The van der Waals surface area contributed by atoms with Crippen molar-refractivity contribution in [3.05, 3.63) is 158 Å². The molecule has 0 saturated heterocycles. The van der Waals surface area contributed by atoms with Crippen LogP contribution in [0.25, 0.3) is 96.7 Å². The average Bonchev–Trinajstić information content (AvgIpc) is 3.81. The first-order valence-corrected chi connectivity index (χ1v) is 18.2. The Morgan fingerprint density at radius 1 is 0.408 bits per heavy atom. The smallest absolute Gasteiger partial charge is 0.0616 e. The Balaban J connectivity index is 1.29. The molecule has 49 heavy (non-hydrogen) atoms. The molecule has 228 valence electrons. The van der Waals surface area contributed by atoms with Crippen LogP contribution in [0.3, 0.4) is 0 Å². The van der Waals surface area contributed by atoms with Crippen LogP contribution in [0.5, 0.6) is 0 Å². The van der Waals surface area contributed by atoms with Crippen LogP contribution in [-0.4, -0.2) is 33.6 Å². The van der Waals surface area contributed by atoms with Crippen molar-refractivity contribution in [2.24, 2.45) is 0 Å². The molecule has 0 unspecified atom stereocenters. The summed E-state index contributed by atoms with van der Waals surface area (Å²) in [6.45, 7) is 0. The maximum atomic E-state index is 5.35.